The third-order valence-electron chi connectivity index (χ3n) is 2.50. The van der Waals surface area contributed by atoms with Gasteiger partial charge in [-0.3, -0.25) is 5.32 Å². The quantitative estimate of drug-likeness (QED) is 0.785. The van der Waals surface area contributed by atoms with E-state index in [0.29, 0.717) is 16.6 Å². The van der Waals surface area contributed by atoms with E-state index in [1.165, 1.54) is 6.07 Å². The smallest absolute Gasteiger partial charge is 0.412 e. The molecule has 2 rings (SSSR count). The molecule has 1 heterocycles. The van der Waals surface area contributed by atoms with Gasteiger partial charge in [-0.2, -0.15) is 0 Å². The SMILES string of the molecule is CC(C)(C)OC(=O)Nc1ccc2[nH]c(C(=O)O)cc2c1. The molecular formula is C14H16N2O4. The lowest BCUT2D eigenvalue weighted by molar-refractivity contribution is 0.0634. The molecular weight excluding hydrogens is 260 g/mol. The molecule has 6 nitrogen and oxygen atoms in total. The molecule has 20 heavy (non-hydrogen) atoms. The monoisotopic (exact) mass is 276 g/mol. The Morgan fingerprint density at radius 1 is 1.25 bits per heavy atom. The number of aromatic amines is 1. The molecule has 1 aromatic carbocycles. The van der Waals surface area contributed by atoms with Crippen LogP contribution < -0.4 is 5.32 Å². The van der Waals surface area contributed by atoms with Crippen LogP contribution in [0.25, 0.3) is 10.9 Å². The molecule has 1 amide bonds. The molecule has 0 saturated heterocycles. The molecule has 0 saturated carbocycles. The molecule has 0 atom stereocenters. The van der Waals surface area contributed by atoms with Crippen molar-refractivity contribution in [2.45, 2.75) is 26.4 Å². The largest absolute Gasteiger partial charge is 0.477 e. The summed E-state index contributed by atoms with van der Waals surface area (Å²) in [5.74, 6) is -1.03. The summed E-state index contributed by atoms with van der Waals surface area (Å²) in [5.41, 5.74) is 0.771. The van der Waals surface area contributed by atoms with E-state index in [1.807, 2.05) is 0 Å². The normalized spacial score (nSPS) is 11.3. The van der Waals surface area contributed by atoms with Gasteiger partial charge in [0.2, 0.25) is 0 Å². The maximum Gasteiger partial charge on any atom is 0.412 e. The molecule has 2 aromatic rings. The Labute approximate surface area is 115 Å². The van der Waals surface area contributed by atoms with Crippen molar-refractivity contribution in [3.8, 4) is 0 Å². The minimum absolute atomic E-state index is 0.106. The lowest BCUT2D eigenvalue weighted by atomic mass is 10.2. The highest BCUT2D eigenvalue weighted by atomic mass is 16.6. The maximum atomic E-state index is 11.6. The summed E-state index contributed by atoms with van der Waals surface area (Å²) in [4.78, 5) is 25.3. The number of H-pyrrole nitrogens is 1. The zero-order valence-electron chi connectivity index (χ0n) is 11.5. The Bertz CT molecular complexity index is 667. The van der Waals surface area contributed by atoms with Crippen molar-refractivity contribution in [3.63, 3.8) is 0 Å². The van der Waals surface area contributed by atoms with Crippen molar-refractivity contribution in [2.75, 3.05) is 5.32 Å². The summed E-state index contributed by atoms with van der Waals surface area (Å²) in [5, 5.41) is 12.2. The van der Waals surface area contributed by atoms with E-state index in [9.17, 15) is 9.59 Å². The lowest BCUT2D eigenvalue weighted by Gasteiger charge is -2.19. The van der Waals surface area contributed by atoms with Crippen molar-refractivity contribution in [2.24, 2.45) is 0 Å². The van der Waals surface area contributed by atoms with E-state index in [2.05, 4.69) is 10.3 Å². The van der Waals surface area contributed by atoms with Crippen LogP contribution in [0.3, 0.4) is 0 Å². The highest BCUT2D eigenvalue weighted by Gasteiger charge is 2.16. The van der Waals surface area contributed by atoms with E-state index in [-0.39, 0.29) is 5.69 Å². The van der Waals surface area contributed by atoms with Crippen LogP contribution in [0.4, 0.5) is 10.5 Å². The van der Waals surface area contributed by atoms with Crippen molar-refractivity contribution in [1.29, 1.82) is 0 Å². The highest BCUT2D eigenvalue weighted by molar-refractivity contribution is 5.96. The Balaban J connectivity index is 2.19. The van der Waals surface area contributed by atoms with Gasteiger partial charge in [-0.1, -0.05) is 0 Å². The average molecular weight is 276 g/mol. The third kappa shape index (κ3) is 3.28. The Morgan fingerprint density at radius 2 is 1.95 bits per heavy atom. The summed E-state index contributed by atoms with van der Waals surface area (Å²) < 4.78 is 5.15. The molecule has 0 aliphatic carbocycles. The van der Waals surface area contributed by atoms with Crippen LogP contribution in [0.2, 0.25) is 0 Å². The fourth-order valence-corrected chi connectivity index (χ4v) is 1.75. The van der Waals surface area contributed by atoms with E-state index in [1.54, 1.807) is 39.0 Å². The molecule has 6 heteroatoms. The van der Waals surface area contributed by atoms with Crippen molar-refractivity contribution in [1.82, 2.24) is 4.98 Å². The van der Waals surface area contributed by atoms with Gasteiger partial charge in [0.1, 0.15) is 11.3 Å². The minimum atomic E-state index is -1.03. The minimum Gasteiger partial charge on any atom is -0.477 e. The van der Waals surface area contributed by atoms with Gasteiger partial charge in [-0.25, -0.2) is 9.59 Å². The van der Waals surface area contributed by atoms with Crippen LogP contribution >= 0.6 is 0 Å². The van der Waals surface area contributed by atoms with Crippen molar-refractivity contribution < 1.29 is 19.4 Å². The summed E-state index contributed by atoms with van der Waals surface area (Å²) in [6.07, 6.45) is -0.550. The van der Waals surface area contributed by atoms with Crippen LogP contribution in [0.1, 0.15) is 31.3 Å². The fraction of sp³-hybridized carbons (Fsp3) is 0.286. The number of benzene rings is 1. The number of fused-ring (bicyclic) bond motifs is 1. The van der Waals surface area contributed by atoms with E-state index in [4.69, 9.17) is 9.84 Å². The zero-order valence-corrected chi connectivity index (χ0v) is 11.5. The number of carbonyl (C=O) groups is 2. The second kappa shape index (κ2) is 4.88. The number of hydrogen-bond donors (Lipinski definition) is 3. The second-order valence-corrected chi connectivity index (χ2v) is 5.42. The molecule has 0 aliphatic heterocycles. The summed E-state index contributed by atoms with van der Waals surface area (Å²) in [7, 11) is 0. The molecule has 0 spiro atoms. The molecule has 0 radical (unpaired) electrons. The zero-order chi connectivity index (χ0) is 14.9. The number of hydrogen-bond acceptors (Lipinski definition) is 3. The number of ether oxygens (including phenoxy) is 1. The predicted octanol–water partition coefficient (Wildman–Crippen LogP) is 3.21. The maximum absolute atomic E-state index is 11.6. The number of aromatic nitrogens is 1. The number of carbonyl (C=O) groups excluding carboxylic acids is 1. The van der Waals surface area contributed by atoms with Crippen LogP contribution in [0, 0.1) is 0 Å². The van der Waals surface area contributed by atoms with Gasteiger partial charge >= 0.3 is 12.1 Å². The Kier molecular flexibility index (Phi) is 3.40. The average Bonchev–Trinajstić information content (AvgIpc) is 2.69. The summed E-state index contributed by atoms with van der Waals surface area (Å²) >= 11 is 0. The van der Waals surface area contributed by atoms with Crippen LogP contribution in [-0.4, -0.2) is 27.8 Å². The highest BCUT2D eigenvalue weighted by Crippen LogP contribution is 2.21. The number of anilines is 1. The number of carboxylic acid groups (broad SMARTS) is 1. The van der Waals surface area contributed by atoms with Crippen LogP contribution in [0.5, 0.6) is 0 Å². The van der Waals surface area contributed by atoms with Crippen molar-refractivity contribution in [3.05, 3.63) is 30.0 Å². The van der Waals surface area contributed by atoms with Gasteiger partial charge in [0.25, 0.3) is 0 Å². The van der Waals surface area contributed by atoms with E-state index >= 15 is 0 Å². The van der Waals surface area contributed by atoms with Crippen molar-refractivity contribution >= 4 is 28.7 Å². The van der Waals surface area contributed by atoms with Gasteiger partial charge in [0.05, 0.1) is 0 Å². The van der Waals surface area contributed by atoms with E-state index < -0.39 is 17.7 Å². The molecule has 0 bridgehead atoms. The molecule has 1 aromatic heterocycles. The lowest BCUT2D eigenvalue weighted by Crippen LogP contribution is -2.27. The topological polar surface area (TPSA) is 91.4 Å². The number of aromatic carboxylic acids is 1. The first-order valence-corrected chi connectivity index (χ1v) is 6.11. The number of nitrogens with one attached hydrogen (secondary N) is 2. The van der Waals surface area contributed by atoms with E-state index in [0.717, 1.165) is 0 Å². The first-order chi connectivity index (χ1) is 9.24. The molecule has 0 unspecified atom stereocenters. The molecule has 3 N–H and O–H groups in total. The van der Waals surface area contributed by atoms with Crippen LogP contribution in [0.15, 0.2) is 24.3 Å². The number of amides is 1. The van der Waals surface area contributed by atoms with Gasteiger partial charge in [-0.05, 0) is 45.0 Å². The number of carboxylic acids is 1. The summed E-state index contributed by atoms with van der Waals surface area (Å²) in [6.45, 7) is 5.34. The molecule has 106 valence electrons. The third-order valence-corrected chi connectivity index (χ3v) is 2.50. The standard InChI is InChI=1S/C14H16N2O4/c1-14(2,3)20-13(19)15-9-4-5-10-8(6-9)7-11(16-10)12(17)18/h4-7,16H,1-3H3,(H,15,19)(H,17,18). The second-order valence-electron chi connectivity index (χ2n) is 5.42. The van der Waals surface area contributed by atoms with Gasteiger partial charge in [0.15, 0.2) is 0 Å². The van der Waals surface area contributed by atoms with Crippen LogP contribution in [-0.2, 0) is 4.74 Å². The first kappa shape index (κ1) is 13.9. The first-order valence-electron chi connectivity index (χ1n) is 6.11. The molecule has 0 aliphatic rings. The number of rotatable bonds is 2. The van der Waals surface area contributed by atoms with Gasteiger partial charge in [-0.15, -0.1) is 0 Å². The van der Waals surface area contributed by atoms with Gasteiger partial charge < -0.3 is 14.8 Å². The predicted molar refractivity (Wildman–Crippen MR) is 75.1 cm³/mol. The Morgan fingerprint density at radius 3 is 2.55 bits per heavy atom. The summed E-state index contributed by atoms with van der Waals surface area (Å²) in [6, 6.07) is 6.57. The fourth-order valence-electron chi connectivity index (χ4n) is 1.75. The molecule has 0 fully saturated rings. The van der Waals surface area contributed by atoms with Gasteiger partial charge in [0, 0.05) is 16.6 Å². The Hall–Kier alpha value is -2.50.